The van der Waals surface area contributed by atoms with Crippen LogP contribution >= 0.6 is 11.6 Å². The molecule has 0 atom stereocenters. The van der Waals surface area contributed by atoms with Gasteiger partial charge in [-0.05, 0) is 42.5 Å². The third-order valence-electron chi connectivity index (χ3n) is 3.49. The van der Waals surface area contributed by atoms with E-state index in [2.05, 4.69) is 15.5 Å². The molecular weight excluding hydrogens is 383 g/mol. The molecule has 0 saturated carbocycles. The van der Waals surface area contributed by atoms with Gasteiger partial charge in [-0.1, -0.05) is 11.6 Å². The van der Waals surface area contributed by atoms with Gasteiger partial charge in [-0.2, -0.15) is 18.3 Å². The SMILES string of the molecule is O=C(NN=Cc1ccc(-c2cc(C(F)(F)F)ccc2Cl)o1)c1ccncc1. The van der Waals surface area contributed by atoms with Crippen molar-refractivity contribution in [2.24, 2.45) is 5.10 Å². The number of carbonyl (C=O) groups excluding carboxylic acids is 1. The number of aromatic nitrogens is 1. The number of benzene rings is 1. The third-order valence-corrected chi connectivity index (χ3v) is 3.82. The van der Waals surface area contributed by atoms with Gasteiger partial charge >= 0.3 is 6.18 Å². The summed E-state index contributed by atoms with van der Waals surface area (Å²) >= 11 is 5.98. The second kappa shape index (κ2) is 7.63. The first-order valence-corrected chi connectivity index (χ1v) is 7.93. The Morgan fingerprint density at radius 2 is 1.89 bits per heavy atom. The maximum atomic E-state index is 12.9. The van der Waals surface area contributed by atoms with Gasteiger partial charge in [0, 0.05) is 23.5 Å². The highest BCUT2D eigenvalue weighted by Gasteiger charge is 2.31. The first kappa shape index (κ1) is 18.7. The van der Waals surface area contributed by atoms with Gasteiger partial charge in [0.15, 0.2) is 0 Å². The Labute approximate surface area is 156 Å². The van der Waals surface area contributed by atoms with Crippen LogP contribution in [0.1, 0.15) is 21.7 Å². The number of hydrogen-bond acceptors (Lipinski definition) is 4. The number of hydrazone groups is 1. The van der Waals surface area contributed by atoms with E-state index >= 15 is 0 Å². The number of halogens is 4. The van der Waals surface area contributed by atoms with Gasteiger partial charge in [-0.25, -0.2) is 5.43 Å². The van der Waals surface area contributed by atoms with Crippen LogP contribution in [0.25, 0.3) is 11.3 Å². The van der Waals surface area contributed by atoms with Gasteiger partial charge in [-0.15, -0.1) is 0 Å². The first-order valence-electron chi connectivity index (χ1n) is 7.55. The van der Waals surface area contributed by atoms with E-state index in [0.29, 0.717) is 5.56 Å². The molecule has 2 heterocycles. The third kappa shape index (κ3) is 4.53. The molecule has 0 fully saturated rings. The number of amides is 1. The maximum absolute atomic E-state index is 12.9. The van der Waals surface area contributed by atoms with Crippen LogP contribution in [0.5, 0.6) is 0 Å². The number of carbonyl (C=O) groups is 1. The minimum absolute atomic E-state index is 0.104. The van der Waals surface area contributed by atoms with Crippen molar-refractivity contribution in [3.63, 3.8) is 0 Å². The zero-order valence-electron chi connectivity index (χ0n) is 13.5. The molecule has 3 aromatic rings. The fourth-order valence-corrected chi connectivity index (χ4v) is 2.39. The Bertz CT molecular complexity index is 985. The monoisotopic (exact) mass is 393 g/mol. The number of rotatable bonds is 4. The molecule has 0 aliphatic carbocycles. The van der Waals surface area contributed by atoms with Gasteiger partial charge in [0.25, 0.3) is 5.91 Å². The second-order valence-electron chi connectivity index (χ2n) is 5.33. The van der Waals surface area contributed by atoms with E-state index in [4.69, 9.17) is 16.0 Å². The Hall–Kier alpha value is -3.13. The molecule has 2 aromatic heterocycles. The predicted molar refractivity (Wildman–Crippen MR) is 93.5 cm³/mol. The van der Waals surface area contributed by atoms with Crippen LogP contribution in [0.15, 0.2) is 64.4 Å². The highest BCUT2D eigenvalue weighted by Crippen LogP contribution is 2.36. The van der Waals surface area contributed by atoms with Gasteiger partial charge in [0.2, 0.25) is 0 Å². The summed E-state index contributed by atoms with van der Waals surface area (Å²) in [4.78, 5) is 15.6. The van der Waals surface area contributed by atoms with Crippen LogP contribution in [0.3, 0.4) is 0 Å². The van der Waals surface area contributed by atoms with Crippen LogP contribution in [-0.4, -0.2) is 17.1 Å². The van der Waals surface area contributed by atoms with E-state index in [9.17, 15) is 18.0 Å². The predicted octanol–water partition coefficient (Wildman–Crippen LogP) is 4.78. The molecule has 0 radical (unpaired) electrons. The quantitative estimate of drug-likeness (QED) is 0.512. The van der Waals surface area contributed by atoms with E-state index in [1.54, 1.807) is 0 Å². The summed E-state index contributed by atoms with van der Waals surface area (Å²) in [7, 11) is 0. The Morgan fingerprint density at radius 1 is 1.15 bits per heavy atom. The van der Waals surface area contributed by atoms with Crippen molar-refractivity contribution in [3.05, 3.63) is 76.8 Å². The summed E-state index contributed by atoms with van der Waals surface area (Å²) in [6.07, 6.45) is -0.329. The molecule has 1 amide bonds. The highest BCUT2D eigenvalue weighted by molar-refractivity contribution is 6.33. The number of hydrogen-bond donors (Lipinski definition) is 1. The van der Waals surface area contributed by atoms with E-state index in [1.807, 2.05) is 0 Å². The van der Waals surface area contributed by atoms with Crippen molar-refractivity contribution in [2.45, 2.75) is 6.18 Å². The van der Waals surface area contributed by atoms with Crippen molar-refractivity contribution in [1.29, 1.82) is 0 Å². The Morgan fingerprint density at radius 3 is 2.59 bits per heavy atom. The lowest BCUT2D eigenvalue weighted by molar-refractivity contribution is -0.137. The fourth-order valence-electron chi connectivity index (χ4n) is 2.18. The highest BCUT2D eigenvalue weighted by atomic mass is 35.5. The molecule has 0 bridgehead atoms. The maximum Gasteiger partial charge on any atom is 0.416 e. The van der Waals surface area contributed by atoms with Crippen LogP contribution in [0.2, 0.25) is 5.02 Å². The number of pyridine rings is 1. The lowest BCUT2D eigenvalue weighted by Crippen LogP contribution is -2.17. The minimum Gasteiger partial charge on any atom is -0.455 e. The number of alkyl halides is 3. The molecule has 0 spiro atoms. The van der Waals surface area contributed by atoms with Crippen LogP contribution < -0.4 is 5.43 Å². The van der Waals surface area contributed by atoms with Gasteiger partial charge < -0.3 is 4.42 Å². The van der Waals surface area contributed by atoms with E-state index in [0.717, 1.165) is 18.2 Å². The van der Waals surface area contributed by atoms with Crippen LogP contribution in [0.4, 0.5) is 13.2 Å². The summed E-state index contributed by atoms with van der Waals surface area (Å²) in [6.45, 7) is 0. The summed E-state index contributed by atoms with van der Waals surface area (Å²) in [6, 6.07) is 8.96. The zero-order chi connectivity index (χ0) is 19.4. The molecule has 5 nitrogen and oxygen atoms in total. The standard InChI is InChI=1S/C18H11ClF3N3O2/c19-15-3-1-12(18(20,21)22)9-14(15)16-4-2-13(27-16)10-24-25-17(26)11-5-7-23-8-6-11/h1-10H,(H,25,26). The molecule has 0 aliphatic rings. The molecule has 1 aromatic carbocycles. The molecule has 0 unspecified atom stereocenters. The number of furan rings is 1. The summed E-state index contributed by atoms with van der Waals surface area (Å²) in [5.74, 6) is -0.0668. The van der Waals surface area contributed by atoms with E-state index < -0.39 is 17.6 Å². The molecule has 138 valence electrons. The summed E-state index contributed by atoms with van der Waals surface area (Å²) in [5.41, 5.74) is 1.95. The molecule has 27 heavy (non-hydrogen) atoms. The fraction of sp³-hybridized carbons (Fsp3) is 0.0556. The van der Waals surface area contributed by atoms with Crippen LogP contribution in [-0.2, 0) is 6.18 Å². The van der Waals surface area contributed by atoms with Crippen molar-refractivity contribution >= 4 is 23.7 Å². The van der Waals surface area contributed by atoms with Crippen LogP contribution in [0, 0.1) is 0 Å². The average molecular weight is 394 g/mol. The molecule has 9 heteroatoms. The van der Waals surface area contributed by atoms with Crippen molar-refractivity contribution < 1.29 is 22.4 Å². The molecule has 1 N–H and O–H groups in total. The van der Waals surface area contributed by atoms with Crippen molar-refractivity contribution in [1.82, 2.24) is 10.4 Å². The first-order chi connectivity index (χ1) is 12.8. The van der Waals surface area contributed by atoms with Gasteiger partial charge in [-0.3, -0.25) is 9.78 Å². The number of nitrogens with one attached hydrogen (secondary N) is 1. The summed E-state index contributed by atoms with van der Waals surface area (Å²) < 4.78 is 44.0. The molecule has 0 aliphatic heterocycles. The largest absolute Gasteiger partial charge is 0.455 e. The molecular formula is C18H11ClF3N3O2. The minimum atomic E-state index is -4.49. The normalized spacial score (nSPS) is 11.7. The smallest absolute Gasteiger partial charge is 0.416 e. The Balaban J connectivity index is 1.75. The second-order valence-corrected chi connectivity index (χ2v) is 5.74. The van der Waals surface area contributed by atoms with Gasteiger partial charge in [0.1, 0.15) is 11.5 Å². The van der Waals surface area contributed by atoms with Gasteiger partial charge in [0.05, 0.1) is 16.8 Å². The topological polar surface area (TPSA) is 67.5 Å². The number of nitrogens with zero attached hydrogens (tertiary/aromatic N) is 2. The lowest BCUT2D eigenvalue weighted by atomic mass is 10.1. The van der Waals surface area contributed by atoms with Crippen molar-refractivity contribution in [3.8, 4) is 11.3 Å². The molecule has 0 saturated heterocycles. The average Bonchev–Trinajstić information content (AvgIpc) is 3.10. The van der Waals surface area contributed by atoms with E-state index in [1.165, 1.54) is 42.9 Å². The Kier molecular flexibility index (Phi) is 5.27. The van der Waals surface area contributed by atoms with E-state index in [-0.39, 0.29) is 22.1 Å². The summed E-state index contributed by atoms with van der Waals surface area (Å²) in [5, 5.41) is 3.87. The lowest BCUT2D eigenvalue weighted by Gasteiger charge is -2.09. The zero-order valence-corrected chi connectivity index (χ0v) is 14.3. The molecule has 3 rings (SSSR count). The van der Waals surface area contributed by atoms with Crippen molar-refractivity contribution in [2.75, 3.05) is 0 Å².